The molecule has 1 saturated heterocycles. The third-order valence-electron chi connectivity index (χ3n) is 3.78. The predicted octanol–water partition coefficient (Wildman–Crippen LogP) is 2.50. The highest BCUT2D eigenvalue weighted by Crippen LogP contribution is 2.43. The first-order valence-electron chi connectivity index (χ1n) is 6.40. The van der Waals surface area contributed by atoms with E-state index < -0.39 is 0 Å². The van der Waals surface area contributed by atoms with Crippen molar-refractivity contribution >= 4 is 0 Å². The molecule has 1 aromatic rings. The van der Waals surface area contributed by atoms with Gasteiger partial charge in [-0.15, -0.1) is 0 Å². The fraction of sp³-hybridized carbons (Fsp3) is 0.571. The molecule has 0 spiro atoms. The number of rotatable bonds is 1. The Labute approximate surface area is 102 Å². The number of benzene rings is 1. The van der Waals surface area contributed by atoms with Gasteiger partial charge in [-0.05, 0) is 44.4 Å². The Morgan fingerprint density at radius 2 is 1.94 bits per heavy atom. The highest BCUT2D eigenvalue weighted by Gasteiger charge is 2.26. The van der Waals surface area contributed by atoms with Gasteiger partial charge in [-0.25, -0.2) is 0 Å². The van der Waals surface area contributed by atoms with Crippen LogP contribution in [0.2, 0.25) is 0 Å². The van der Waals surface area contributed by atoms with Crippen LogP contribution in [0.4, 0.5) is 0 Å². The van der Waals surface area contributed by atoms with E-state index in [9.17, 15) is 0 Å². The largest absolute Gasteiger partial charge is 0.486 e. The molecule has 3 nitrogen and oxygen atoms in total. The van der Waals surface area contributed by atoms with Crippen LogP contribution in [0, 0.1) is 13.8 Å². The molecule has 1 fully saturated rings. The minimum atomic E-state index is 0.435. The molecule has 0 bridgehead atoms. The zero-order valence-corrected chi connectivity index (χ0v) is 10.5. The predicted molar refractivity (Wildman–Crippen MR) is 66.9 cm³/mol. The minimum Gasteiger partial charge on any atom is -0.486 e. The smallest absolute Gasteiger partial charge is 0.166 e. The van der Waals surface area contributed by atoms with Crippen molar-refractivity contribution in [1.29, 1.82) is 0 Å². The van der Waals surface area contributed by atoms with Gasteiger partial charge in [0.1, 0.15) is 13.2 Å². The van der Waals surface area contributed by atoms with Crippen LogP contribution in [0.15, 0.2) is 6.07 Å². The highest BCUT2D eigenvalue weighted by atomic mass is 16.6. The van der Waals surface area contributed by atoms with Crippen LogP contribution < -0.4 is 14.8 Å². The second-order valence-corrected chi connectivity index (χ2v) is 4.91. The molecule has 1 aromatic carbocycles. The van der Waals surface area contributed by atoms with Crippen LogP contribution in [0.1, 0.15) is 35.6 Å². The average Bonchev–Trinajstić information content (AvgIpc) is 2.87. The molecule has 1 atom stereocenters. The van der Waals surface area contributed by atoms with Crippen LogP contribution in [-0.2, 0) is 0 Å². The molecule has 2 aliphatic heterocycles. The number of hydrogen-bond donors (Lipinski definition) is 1. The van der Waals surface area contributed by atoms with Crippen LogP contribution in [0.5, 0.6) is 11.5 Å². The Kier molecular flexibility index (Phi) is 2.71. The normalized spacial score (nSPS) is 22.8. The summed E-state index contributed by atoms with van der Waals surface area (Å²) < 4.78 is 11.6. The molecule has 2 heterocycles. The molecule has 92 valence electrons. The summed E-state index contributed by atoms with van der Waals surface area (Å²) in [5.41, 5.74) is 3.78. The molecule has 0 radical (unpaired) electrons. The van der Waals surface area contributed by atoms with Crippen molar-refractivity contribution in [3.8, 4) is 11.5 Å². The van der Waals surface area contributed by atoms with Gasteiger partial charge in [0.2, 0.25) is 0 Å². The summed E-state index contributed by atoms with van der Waals surface area (Å²) in [6.45, 7) is 6.68. The third kappa shape index (κ3) is 1.78. The van der Waals surface area contributed by atoms with Crippen LogP contribution in [-0.4, -0.2) is 19.8 Å². The Morgan fingerprint density at radius 3 is 2.65 bits per heavy atom. The fourth-order valence-corrected chi connectivity index (χ4v) is 2.71. The number of aryl methyl sites for hydroxylation is 1. The van der Waals surface area contributed by atoms with Gasteiger partial charge in [0.15, 0.2) is 11.5 Å². The third-order valence-corrected chi connectivity index (χ3v) is 3.78. The zero-order valence-electron chi connectivity index (χ0n) is 10.5. The Morgan fingerprint density at radius 1 is 1.18 bits per heavy atom. The van der Waals surface area contributed by atoms with Gasteiger partial charge in [0, 0.05) is 11.6 Å². The zero-order chi connectivity index (χ0) is 11.8. The van der Waals surface area contributed by atoms with E-state index in [0.717, 1.165) is 18.0 Å². The molecular weight excluding hydrogens is 214 g/mol. The lowest BCUT2D eigenvalue weighted by Crippen LogP contribution is -2.21. The number of hydrogen-bond acceptors (Lipinski definition) is 3. The molecule has 0 saturated carbocycles. The molecule has 0 amide bonds. The molecule has 0 aliphatic carbocycles. The van der Waals surface area contributed by atoms with Crippen molar-refractivity contribution in [2.45, 2.75) is 32.7 Å². The van der Waals surface area contributed by atoms with E-state index in [0.29, 0.717) is 19.3 Å². The van der Waals surface area contributed by atoms with E-state index in [1.807, 2.05) is 0 Å². The highest BCUT2D eigenvalue weighted by molar-refractivity contribution is 5.56. The summed E-state index contributed by atoms with van der Waals surface area (Å²) in [6.07, 6.45) is 2.44. The summed E-state index contributed by atoms with van der Waals surface area (Å²) in [7, 11) is 0. The minimum absolute atomic E-state index is 0.435. The molecule has 3 heteroatoms. The second-order valence-electron chi connectivity index (χ2n) is 4.91. The van der Waals surface area contributed by atoms with Crippen molar-refractivity contribution in [3.63, 3.8) is 0 Å². The van der Waals surface area contributed by atoms with Crippen molar-refractivity contribution < 1.29 is 9.47 Å². The summed E-state index contributed by atoms with van der Waals surface area (Å²) in [5.74, 6) is 1.93. The Bertz CT molecular complexity index is 436. The molecule has 0 aromatic heterocycles. The van der Waals surface area contributed by atoms with Gasteiger partial charge in [-0.1, -0.05) is 6.07 Å². The molecule has 1 N–H and O–H groups in total. The van der Waals surface area contributed by atoms with Crippen LogP contribution >= 0.6 is 0 Å². The van der Waals surface area contributed by atoms with Gasteiger partial charge >= 0.3 is 0 Å². The van der Waals surface area contributed by atoms with Crippen LogP contribution in [0.25, 0.3) is 0 Å². The fourth-order valence-electron chi connectivity index (χ4n) is 2.71. The Balaban J connectivity index is 2.10. The van der Waals surface area contributed by atoms with Crippen molar-refractivity contribution in [2.24, 2.45) is 0 Å². The van der Waals surface area contributed by atoms with Gasteiger partial charge in [0.25, 0.3) is 0 Å². The van der Waals surface area contributed by atoms with Gasteiger partial charge in [-0.2, -0.15) is 0 Å². The first-order chi connectivity index (χ1) is 8.27. The Hall–Kier alpha value is -1.22. The SMILES string of the molecule is Cc1cc(C2CCCN2)c2c(c1C)OCCO2. The van der Waals surface area contributed by atoms with Gasteiger partial charge in [0.05, 0.1) is 0 Å². The van der Waals surface area contributed by atoms with Gasteiger partial charge < -0.3 is 14.8 Å². The van der Waals surface area contributed by atoms with Crippen molar-refractivity contribution in [3.05, 3.63) is 22.8 Å². The second kappa shape index (κ2) is 4.22. The first kappa shape index (κ1) is 10.9. The van der Waals surface area contributed by atoms with Gasteiger partial charge in [-0.3, -0.25) is 0 Å². The van der Waals surface area contributed by atoms with E-state index in [4.69, 9.17) is 9.47 Å². The number of nitrogens with one attached hydrogen (secondary N) is 1. The standard InChI is InChI=1S/C14H19NO2/c1-9-8-11(12-4-3-5-15-12)14-13(10(9)2)16-6-7-17-14/h8,12,15H,3-7H2,1-2H3. The maximum absolute atomic E-state index is 5.84. The monoisotopic (exact) mass is 233 g/mol. The van der Waals surface area contributed by atoms with Crippen molar-refractivity contribution in [1.82, 2.24) is 5.32 Å². The summed E-state index contributed by atoms with van der Waals surface area (Å²) in [4.78, 5) is 0. The lowest BCUT2D eigenvalue weighted by atomic mass is 9.97. The molecule has 3 rings (SSSR count). The lowest BCUT2D eigenvalue weighted by molar-refractivity contribution is 0.167. The molecule has 2 aliphatic rings. The molecular formula is C14H19NO2. The average molecular weight is 233 g/mol. The van der Waals surface area contributed by atoms with E-state index in [1.165, 1.54) is 29.5 Å². The summed E-state index contributed by atoms with van der Waals surface area (Å²) >= 11 is 0. The number of ether oxygens (including phenoxy) is 2. The molecule has 17 heavy (non-hydrogen) atoms. The maximum Gasteiger partial charge on any atom is 0.166 e. The van der Waals surface area contributed by atoms with E-state index in [-0.39, 0.29) is 0 Å². The van der Waals surface area contributed by atoms with Crippen LogP contribution in [0.3, 0.4) is 0 Å². The summed E-state index contributed by atoms with van der Waals surface area (Å²) in [6, 6.07) is 2.69. The quantitative estimate of drug-likeness (QED) is 0.808. The van der Waals surface area contributed by atoms with E-state index >= 15 is 0 Å². The number of fused-ring (bicyclic) bond motifs is 1. The topological polar surface area (TPSA) is 30.5 Å². The molecule has 1 unspecified atom stereocenters. The van der Waals surface area contributed by atoms with E-state index in [1.54, 1.807) is 0 Å². The lowest BCUT2D eigenvalue weighted by Gasteiger charge is -2.26. The first-order valence-corrected chi connectivity index (χ1v) is 6.40. The maximum atomic E-state index is 5.84. The van der Waals surface area contributed by atoms with E-state index in [2.05, 4.69) is 25.2 Å². The van der Waals surface area contributed by atoms with Crippen molar-refractivity contribution in [2.75, 3.05) is 19.8 Å². The summed E-state index contributed by atoms with van der Waals surface area (Å²) in [5, 5.41) is 3.53.